The lowest BCUT2D eigenvalue weighted by molar-refractivity contribution is -0.317. The predicted molar refractivity (Wildman–Crippen MR) is 83.9 cm³/mol. The van der Waals surface area contributed by atoms with Crippen molar-refractivity contribution in [1.82, 2.24) is 5.23 Å². The minimum absolute atomic E-state index is 0.115. The highest BCUT2D eigenvalue weighted by Crippen LogP contribution is 2.30. The van der Waals surface area contributed by atoms with Gasteiger partial charge in [-0.1, -0.05) is 0 Å². The molecule has 3 rings (SSSR count). The summed E-state index contributed by atoms with van der Waals surface area (Å²) in [6, 6.07) is 2.50. The van der Waals surface area contributed by atoms with Gasteiger partial charge in [0.15, 0.2) is 6.04 Å². The van der Waals surface area contributed by atoms with E-state index in [2.05, 4.69) is 0 Å². The first-order valence-corrected chi connectivity index (χ1v) is 8.51. The van der Waals surface area contributed by atoms with E-state index in [1.165, 1.54) is 23.2 Å². The maximum Gasteiger partial charge on any atom is 0.375 e. The summed E-state index contributed by atoms with van der Waals surface area (Å²) < 4.78 is 4.80. The Morgan fingerprint density at radius 2 is 2.16 bits per heavy atom. The number of anilines is 1. The van der Waals surface area contributed by atoms with E-state index >= 15 is 0 Å². The van der Waals surface area contributed by atoms with Gasteiger partial charge in [-0.25, -0.2) is 9.63 Å². The summed E-state index contributed by atoms with van der Waals surface area (Å²) in [6.45, 7) is 2.93. The van der Waals surface area contributed by atoms with Crippen molar-refractivity contribution in [2.75, 3.05) is 4.90 Å². The monoisotopic (exact) mass is 368 g/mol. The molecule has 25 heavy (non-hydrogen) atoms. The van der Waals surface area contributed by atoms with Crippen molar-refractivity contribution in [2.45, 2.75) is 44.9 Å². The first-order valence-electron chi connectivity index (χ1n) is 7.64. The molecule has 2 aliphatic rings. The standard InChI is InChI=1S/C15H16N2O7S/c1-8-13(16(9(2)18)11-4-3-7-25-11)14(20)17(23-8)24-15(21)10-5-6-12(19)22-10/h3-4,7-8,10,13H,5-6H2,1-2H3. The summed E-state index contributed by atoms with van der Waals surface area (Å²) in [5, 5.41) is 2.83. The average molecular weight is 368 g/mol. The number of hydrogen-bond acceptors (Lipinski definition) is 8. The summed E-state index contributed by atoms with van der Waals surface area (Å²) in [5.41, 5.74) is 0. The van der Waals surface area contributed by atoms with Crippen LogP contribution in [0.1, 0.15) is 26.7 Å². The number of rotatable bonds is 4. The molecular formula is C15H16N2O7S. The minimum atomic E-state index is -1.06. The van der Waals surface area contributed by atoms with E-state index in [-0.39, 0.29) is 18.7 Å². The molecular weight excluding hydrogens is 352 g/mol. The van der Waals surface area contributed by atoms with Gasteiger partial charge < -0.3 is 9.57 Å². The van der Waals surface area contributed by atoms with E-state index in [0.29, 0.717) is 10.2 Å². The molecule has 0 aromatic carbocycles. The number of hydrogen-bond donors (Lipinski definition) is 0. The molecule has 2 saturated heterocycles. The van der Waals surface area contributed by atoms with Crippen LogP contribution in [0.25, 0.3) is 0 Å². The summed E-state index contributed by atoms with van der Waals surface area (Å²) in [4.78, 5) is 59.2. The zero-order valence-electron chi connectivity index (χ0n) is 13.5. The fourth-order valence-corrected chi connectivity index (χ4v) is 3.49. The van der Waals surface area contributed by atoms with Crippen LogP contribution in [0, 0.1) is 0 Å². The number of cyclic esters (lactones) is 1. The van der Waals surface area contributed by atoms with Crippen molar-refractivity contribution in [2.24, 2.45) is 0 Å². The second-order valence-electron chi connectivity index (χ2n) is 5.62. The fraction of sp³-hybridized carbons (Fsp3) is 0.467. The molecule has 3 unspecified atom stereocenters. The molecule has 0 bridgehead atoms. The smallest absolute Gasteiger partial charge is 0.375 e. The highest BCUT2D eigenvalue weighted by molar-refractivity contribution is 7.14. The van der Waals surface area contributed by atoms with Gasteiger partial charge in [0.2, 0.25) is 12.0 Å². The van der Waals surface area contributed by atoms with E-state index in [4.69, 9.17) is 14.4 Å². The lowest BCUT2D eigenvalue weighted by Gasteiger charge is -2.25. The molecule has 0 aliphatic carbocycles. The molecule has 1 aromatic heterocycles. The molecule has 0 N–H and O–H groups in total. The molecule has 2 fully saturated rings. The first kappa shape index (κ1) is 17.4. The number of ether oxygens (including phenoxy) is 1. The predicted octanol–water partition coefficient (Wildman–Crippen LogP) is 0.796. The third-order valence-corrected chi connectivity index (χ3v) is 4.69. The van der Waals surface area contributed by atoms with Crippen molar-refractivity contribution in [3.05, 3.63) is 17.5 Å². The molecule has 3 atom stereocenters. The van der Waals surface area contributed by atoms with Gasteiger partial charge in [0.05, 0.1) is 5.00 Å². The normalized spacial score (nSPS) is 25.8. The Morgan fingerprint density at radius 3 is 2.72 bits per heavy atom. The zero-order chi connectivity index (χ0) is 18.1. The van der Waals surface area contributed by atoms with Gasteiger partial charge in [-0.2, -0.15) is 0 Å². The Labute approximate surface area is 146 Å². The van der Waals surface area contributed by atoms with Crippen LogP contribution in [0.15, 0.2) is 17.5 Å². The summed E-state index contributed by atoms with van der Waals surface area (Å²) in [7, 11) is 0. The lowest BCUT2D eigenvalue weighted by Crippen LogP contribution is -2.48. The van der Waals surface area contributed by atoms with Gasteiger partial charge >= 0.3 is 17.8 Å². The number of amides is 2. The molecule has 3 heterocycles. The maximum atomic E-state index is 12.6. The molecule has 10 heteroatoms. The number of carbonyl (C=O) groups excluding carboxylic acids is 4. The first-order chi connectivity index (χ1) is 11.9. The molecule has 2 amide bonds. The van der Waals surface area contributed by atoms with Gasteiger partial charge in [-0.05, 0) is 29.7 Å². The topological polar surface area (TPSA) is 102 Å². The average Bonchev–Trinajstić information content (AvgIpc) is 3.26. The minimum Gasteiger partial charge on any atom is -0.450 e. The van der Waals surface area contributed by atoms with Crippen LogP contribution in [0.5, 0.6) is 0 Å². The summed E-state index contributed by atoms with van der Waals surface area (Å²) in [6.07, 6.45) is -1.48. The Morgan fingerprint density at radius 1 is 1.40 bits per heavy atom. The largest absolute Gasteiger partial charge is 0.450 e. The van der Waals surface area contributed by atoms with E-state index in [9.17, 15) is 19.2 Å². The van der Waals surface area contributed by atoms with Gasteiger partial charge in [-0.15, -0.1) is 11.3 Å². The third-order valence-electron chi connectivity index (χ3n) is 3.82. The van der Waals surface area contributed by atoms with Gasteiger partial charge in [0, 0.05) is 19.8 Å². The van der Waals surface area contributed by atoms with E-state index < -0.39 is 36.1 Å². The number of esters is 1. The molecule has 0 spiro atoms. The third kappa shape index (κ3) is 3.35. The number of carbonyl (C=O) groups is 4. The van der Waals surface area contributed by atoms with E-state index in [0.717, 1.165) is 0 Å². The molecule has 9 nitrogen and oxygen atoms in total. The van der Waals surface area contributed by atoms with Gasteiger partial charge in [0.1, 0.15) is 6.10 Å². The van der Waals surface area contributed by atoms with Crippen molar-refractivity contribution >= 4 is 40.1 Å². The van der Waals surface area contributed by atoms with Crippen molar-refractivity contribution < 1.29 is 33.6 Å². The van der Waals surface area contributed by atoms with Crippen LogP contribution in [-0.4, -0.2) is 47.2 Å². The highest BCUT2D eigenvalue weighted by Gasteiger charge is 2.48. The summed E-state index contributed by atoms with van der Waals surface area (Å²) in [5.74, 6) is -2.41. The Balaban J connectivity index is 1.73. The van der Waals surface area contributed by atoms with E-state index in [1.807, 2.05) is 0 Å². The van der Waals surface area contributed by atoms with Crippen LogP contribution in [0.3, 0.4) is 0 Å². The second kappa shape index (κ2) is 6.81. The van der Waals surface area contributed by atoms with Gasteiger partial charge in [-0.3, -0.25) is 19.3 Å². The lowest BCUT2D eigenvalue weighted by atomic mass is 10.1. The number of hydroxylamine groups is 2. The summed E-state index contributed by atoms with van der Waals surface area (Å²) >= 11 is 1.30. The molecule has 2 aliphatic heterocycles. The maximum absolute atomic E-state index is 12.6. The quantitative estimate of drug-likeness (QED) is 0.724. The van der Waals surface area contributed by atoms with Crippen LogP contribution in [0.4, 0.5) is 5.00 Å². The Bertz CT molecular complexity index is 705. The van der Waals surface area contributed by atoms with Crippen molar-refractivity contribution in [1.29, 1.82) is 0 Å². The highest BCUT2D eigenvalue weighted by atomic mass is 32.1. The fourth-order valence-electron chi connectivity index (χ4n) is 2.68. The van der Waals surface area contributed by atoms with Crippen LogP contribution in [-0.2, 0) is 33.6 Å². The van der Waals surface area contributed by atoms with Crippen molar-refractivity contribution in [3.8, 4) is 0 Å². The molecule has 0 radical (unpaired) electrons. The van der Waals surface area contributed by atoms with Crippen LogP contribution in [0.2, 0.25) is 0 Å². The number of thiophene rings is 1. The van der Waals surface area contributed by atoms with Crippen LogP contribution < -0.4 is 4.90 Å². The van der Waals surface area contributed by atoms with Crippen molar-refractivity contribution in [3.63, 3.8) is 0 Å². The SMILES string of the molecule is CC(=O)N(c1cccs1)C1C(=O)N(OC(=O)C2CCC(=O)O2)OC1C. The molecule has 134 valence electrons. The second-order valence-corrected chi connectivity index (χ2v) is 6.54. The Hall–Kier alpha value is -2.46. The zero-order valence-corrected chi connectivity index (χ0v) is 14.4. The molecule has 0 saturated carbocycles. The number of nitrogens with zero attached hydrogens (tertiary/aromatic N) is 2. The van der Waals surface area contributed by atoms with Gasteiger partial charge in [0.25, 0.3) is 0 Å². The molecule has 1 aromatic rings. The van der Waals surface area contributed by atoms with E-state index in [1.54, 1.807) is 24.4 Å². The Kier molecular flexibility index (Phi) is 4.73. The van der Waals surface area contributed by atoms with Crippen LogP contribution >= 0.6 is 11.3 Å².